The lowest BCUT2D eigenvalue weighted by atomic mass is 10.1. The van der Waals surface area contributed by atoms with Crippen molar-refractivity contribution in [1.82, 2.24) is 19.5 Å². The molecule has 0 aliphatic heterocycles. The Hall–Kier alpha value is -4.62. The quantitative estimate of drug-likeness (QED) is 0.0792. The molecule has 50 heavy (non-hydrogen) atoms. The van der Waals surface area contributed by atoms with E-state index in [1.807, 2.05) is 0 Å². The minimum Gasteiger partial charge on any atom is -0.493 e. The van der Waals surface area contributed by atoms with Gasteiger partial charge in [-0.3, -0.25) is 18.5 Å². The minimum absolute atomic E-state index is 0.0759. The second kappa shape index (κ2) is 15.1. The maximum atomic E-state index is 12.6. The summed E-state index contributed by atoms with van der Waals surface area (Å²) in [5, 5.41) is 23.9. The van der Waals surface area contributed by atoms with Gasteiger partial charge in [0, 0.05) is 30.0 Å². The van der Waals surface area contributed by atoms with Crippen molar-refractivity contribution in [2.75, 3.05) is 23.0 Å². The molecule has 0 radical (unpaired) electrons. The largest absolute Gasteiger partial charge is 0.493 e. The van der Waals surface area contributed by atoms with E-state index in [4.69, 9.17) is 21.9 Å². The number of aromatic hydroxyl groups is 1. The fraction of sp³-hybridized carbons (Fsp3) is 0.231. The monoisotopic (exact) mass is 773 g/mol. The fourth-order valence-corrected chi connectivity index (χ4v) is 6.59. The third-order valence-electron chi connectivity index (χ3n) is 6.71. The maximum absolute atomic E-state index is 12.6. The summed E-state index contributed by atoms with van der Waals surface area (Å²) in [6, 6.07) is 8.58. The van der Waals surface area contributed by atoms with Gasteiger partial charge in [0.15, 0.2) is 9.84 Å². The predicted molar refractivity (Wildman–Crippen MR) is 178 cm³/mol. The van der Waals surface area contributed by atoms with Gasteiger partial charge in [0.25, 0.3) is 15.7 Å². The van der Waals surface area contributed by atoms with E-state index in [2.05, 4.69) is 40.0 Å². The first kappa shape index (κ1) is 38.2. The summed E-state index contributed by atoms with van der Waals surface area (Å²) in [6.07, 6.45) is 0. The number of benzene rings is 2. The van der Waals surface area contributed by atoms with E-state index < -0.39 is 59.0 Å². The molecule has 2 aromatic heterocycles. The summed E-state index contributed by atoms with van der Waals surface area (Å²) in [5.74, 6) is -1.51. The SMILES string of the molecule is CCn1c(O)c(/N=N/c2cc(Nc3nc(Cl)nc(Nc4ccc(S(=O)(=O)CCOS(=O)(=O)O)cc4)n3)ccc2S(=O)(=O)O)c(C)c(CN)c1=O. The van der Waals surface area contributed by atoms with E-state index in [1.165, 1.54) is 43.3 Å². The topological polar surface area (TPSA) is 308 Å². The molecule has 24 heteroatoms. The van der Waals surface area contributed by atoms with Crippen molar-refractivity contribution in [3.8, 4) is 5.88 Å². The van der Waals surface area contributed by atoms with Gasteiger partial charge in [-0.25, -0.2) is 12.6 Å². The van der Waals surface area contributed by atoms with Gasteiger partial charge in [0.05, 0.1) is 17.3 Å². The Labute approximate surface area is 289 Å². The van der Waals surface area contributed by atoms with Crippen molar-refractivity contribution in [1.29, 1.82) is 0 Å². The Kier molecular flexibility index (Phi) is 11.5. The first-order valence-electron chi connectivity index (χ1n) is 13.9. The molecule has 268 valence electrons. The van der Waals surface area contributed by atoms with Gasteiger partial charge >= 0.3 is 10.4 Å². The second-order valence-corrected chi connectivity index (χ2v) is 14.9. The van der Waals surface area contributed by atoms with Crippen LogP contribution in [0.15, 0.2) is 67.3 Å². The number of nitrogens with two attached hydrogens (primary N) is 1. The van der Waals surface area contributed by atoms with E-state index in [0.717, 1.165) is 10.6 Å². The number of nitrogens with one attached hydrogen (secondary N) is 2. The van der Waals surface area contributed by atoms with Crippen molar-refractivity contribution in [3.63, 3.8) is 0 Å². The van der Waals surface area contributed by atoms with Gasteiger partial charge in [-0.2, -0.15) is 31.8 Å². The van der Waals surface area contributed by atoms with Crippen molar-refractivity contribution in [2.24, 2.45) is 16.0 Å². The standard InChI is InChI=1S/C26H28ClN9O11S3/c1-3-36-22(37)18(13-28)14(2)21(23(36)38)35-34-19-12-16(6-9-20(19)49(41,42)43)30-26-32-24(27)31-25(33-26)29-15-4-7-17(8-5-15)48(39,40)11-10-47-50(44,45)46/h4-9,12,38H,3,10-11,13,28H2,1-2H3,(H,41,42,43)(H,44,45,46)(H2,29,30,31,32,33)/b35-34+. The van der Waals surface area contributed by atoms with Crippen LogP contribution in [-0.4, -0.2) is 71.3 Å². The third kappa shape index (κ3) is 9.33. The molecule has 0 unspecified atom stereocenters. The van der Waals surface area contributed by atoms with Crippen molar-refractivity contribution >= 4 is 76.6 Å². The average Bonchev–Trinajstić information content (AvgIpc) is 3.00. The molecule has 2 heterocycles. The number of anilines is 4. The van der Waals surface area contributed by atoms with Gasteiger partial charge < -0.3 is 21.5 Å². The van der Waals surface area contributed by atoms with Crippen LogP contribution in [0.4, 0.5) is 34.6 Å². The molecule has 0 spiro atoms. The Bertz CT molecular complexity index is 2320. The van der Waals surface area contributed by atoms with Gasteiger partial charge in [-0.15, -0.1) is 10.2 Å². The van der Waals surface area contributed by atoms with E-state index in [0.29, 0.717) is 5.69 Å². The third-order valence-corrected chi connectivity index (χ3v) is 9.94. The van der Waals surface area contributed by atoms with E-state index in [1.54, 1.807) is 6.92 Å². The van der Waals surface area contributed by atoms with Gasteiger partial charge in [0.2, 0.25) is 23.1 Å². The molecular formula is C26H28ClN9O11S3. The highest BCUT2D eigenvalue weighted by Gasteiger charge is 2.21. The van der Waals surface area contributed by atoms with Crippen LogP contribution in [0.3, 0.4) is 0 Å². The number of hydrogen-bond acceptors (Lipinski definition) is 17. The molecule has 20 nitrogen and oxygen atoms in total. The zero-order valence-corrected chi connectivity index (χ0v) is 29.0. The van der Waals surface area contributed by atoms with Crippen LogP contribution < -0.4 is 21.9 Å². The van der Waals surface area contributed by atoms with Gasteiger partial charge in [-0.05, 0) is 73.5 Å². The lowest BCUT2D eigenvalue weighted by molar-refractivity contribution is 0.284. The molecule has 0 saturated heterocycles. The number of pyridine rings is 1. The van der Waals surface area contributed by atoms with Crippen molar-refractivity contribution < 1.29 is 43.6 Å². The van der Waals surface area contributed by atoms with Gasteiger partial charge in [0.1, 0.15) is 16.3 Å². The number of azo groups is 1. The highest BCUT2D eigenvalue weighted by Crippen LogP contribution is 2.35. The molecule has 0 aliphatic rings. The molecule has 0 amide bonds. The van der Waals surface area contributed by atoms with Crippen LogP contribution in [0.5, 0.6) is 5.88 Å². The first-order valence-corrected chi connectivity index (χ1v) is 18.8. The number of aromatic nitrogens is 4. The van der Waals surface area contributed by atoms with Crippen LogP contribution in [-0.2, 0) is 47.6 Å². The zero-order valence-electron chi connectivity index (χ0n) is 25.8. The molecular weight excluding hydrogens is 746 g/mol. The molecule has 0 atom stereocenters. The van der Waals surface area contributed by atoms with Crippen LogP contribution in [0, 0.1) is 6.92 Å². The summed E-state index contributed by atoms with van der Waals surface area (Å²) in [7, 11) is -13.6. The Morgan fingerprint density at radius 3 is 2.10 bits per heavy atom. The highest BCUT2D eigenvalue weighted by atomic mass is 35.5. The van der Waals surface area contributed by atoms with Crippen LogP contribution in [0.2, 0.25) is 5.28 Å². The smallest absolute Gasteiger partial charge is 0.397 e. The number of nitrogens with zero attached hydrogens (tertiary/aromatic N) is 6. The maximum Gasteiger partial charge on any atom is 0.397 e. The highest BCUT2D eigenvalue weighted by molar-refractivity contribution is 7.91. The summed E-state index contributed by atoms with van der Waals surface area (Å²) >= 11 is 6.08. The van der Waals surface area contributed by atoms with E-state index in [9.17, 15) is 39.7 Å². The molecule has 2 aromatic carbocycles. The number of rotatable bonds is 14. The summed E-state index contributed by atoms with van der Waals surface area (Å²) in [4.78, 5) is 23.9. The fourth-order valence-electron chi connectivity index (χ4n) is 4.34. The molecule has 7 N–H and O–H groups in total. The molecule has 0 fully saturated rings. The lowest BCUT2D eigenvalue weighted by Gasteiger charge is -2.13. The van der Waals surface area contributed by atoms with Crippen molar-refractivity contribution in [2.45, 2.75) is 36.7 Å². The first-order chi connectivity index (χ1) is 23.3. The number of halogens is 1. The van der Waals surface area contributed by atoms with Crippen LogP contribution in [0.1, 0.15) is 18.1 Å². The van der Waals surface area contributed by atoms with Gasteiger partial charge in [-0.1, -0.05) is 0 Å². The molecule has 0 aliphatic carbocycles. The molecule has 4 rings (SSSR count). The second-order valence-electron chi connectivity index (χ2n) is 9.98. The Morgan fingerprint density at radius 2 is 1.54 bits per heavy atom. The molecule has 0 bridgehead atoms. The Morgan fingerprint density at radius 1 is 0.940 bits per heavy atom. The van der Waals surface area contributed by atoms with Crippen molar-refractivity contribution in [3.05, 3.63) is 69.2 Å². The lowest BCUT2D eigenvalue weighted by Crippen LogP contribution is -2.26. The zero-order chi connectivity index (χ0) is 37.0. The Balaban J connectivity index is 1.61. The molecule has 4 aromatic rings. The summed E-state index contributed by atoms with van der Waals surface area (Å²) < 4.78 is 94.0. The number of hydrogen-bond donors (Lipinski definition) is 6. The van der Waals surface area contributed by atoms with E-state index >= 15 is 0 Å². The summed E-state index contributed by atoms with van der Waals surface area (Å²) in [6.45, 7) is 2.21. The average molecular weight is 774 g/mol. The minimum atomic E-state index is -4.82. The number of sulfone groups is 1. The summed E-state index contributed by atoms with van der Waals surface area (Å²) in [5.41, 5.74) is 5.48. The predicted octanol–water partition coefficient (Wildman–Crippen LogP) is 2.92. The van der Waals surface area contributed by atoms with Crippen LogP contribution >= 0.6 is 11.6 Å². The van der Waals surface area contributed by atoms with Crippen LogP contribution in [0.25, 0.3) is 0 Å². The molecule has 0 saturated carbocycles. The van der Waals surface area contributed by atoms with E-state index in [-0.39, 0.29) is 63.4 Å². The normalized spacial score (nSPS) is 12.4.